The molecule has 2 aromatic rings. The Kier molecular flexibility index (Phi) is 4.52. The summed E-state index contributed by atoms with van der Waals surface area (Å²) in [6.07, 6.45) is 5.40. The van der Waals surface area contributed by atoms with Gasteiger partial charge in [0.1, 0.15) is 6.29 Å². The van der Waals surface area contributed by atoms with Gasteiger partial charge >= 0.3 is 6.03 Å². The number of nitrogens with zero attached hydrogens (tertiary/aromatic N) is 2. The number of pyridine rings is 1. The van der Waals surface area contributed by atoms with Crippen molar-refractivity contribution < 1.29 is 14.4 Å². The number of nitrogens with one attached hydrogen (secondary N) is 1. The lowest BCUT2D eigenvalue weighted by molar-refractivity contribution is -0.120. The van der Waals surface area contributed by atoms with E-state index in [4.69, 9.17) is 0 Å². The largest absolute Gasteiger partial charge is 0.328 e. The van der Waals surface area contributed by atoms with Gasteiger partial charge in [-0.15, -0.1) is 0 Å². The van der Waals surface area contributed by atoms with Gasteiger partial charge in [0.15, 0.2) is 0 Å². The Morgan fingerprint density at radius 3 is 2.96 bits per heavy atom. The molecule has 1 N–H and O–H groups in total. The first kappa shape index (κ1) is 15.7. The number of aldehydes is 1. The minimum Gasteiger partial charge on any atom is -0.303 e. The highest BCUT2D eigenvalue weighted by Gasteiger charge is 2.25. The van der Waals surface area contributed by atoms with Crippen molar-refractivity contribution in [2.24, 2.45) is 0 Å². The number of hydrogen-bond acceptors (Lipinski definition) is 4. The van der Waals surface area contributed by atoms with E-state index in [1.807, 2.05) is 18.2 Å². The third kappa shape index (κ3) is 3.25. The van der Waals surface area contributed by atoms with E-state index in [-0.39, 0.29) is 12.3 Å². The minimum atomic E-state index is -0.432. The van der Waals surface area contributed by atoms with Crippen molar-refractivity contribution >= 4 is 34.7 Å². The van der Waals surface area contributed by atoms with Gasteiger partial charge in [-0.2, -0.15) is 0 Å². The number of aromatic nitrogens is 1. The molecular formula is C18H15N3O3. The summed E-state index contributed by atoms with van der Waals surface area (Å²) in [4.78, 5) is 39.3. The highest BCUT2D eigenvalue weighted by molar-refractivity contribution is 6.09. The first-order chi connectivity index (χ1) is 11.7. The van der Waals surface area contributed by atoms with Crippen LogP contribution in [-0.4, -0.2) is 29.8 Å². The van der Waals surface area contributed by atoms with Crippen LogP contribution in [0.25, 0.3) is 10.8 Å². The van der Waals surface area contributed by atoms with Gasteiger partial charge in [-0.25, -0.2) is 4.79 Å². The number of urea groups is 1. The second kappa shape index (κ2) is 6.92. The van der Waals surface area contributed by atoms with Crippen molar-refractivity contribution in [3.63, 3.8) is 0 Å². The average Bonchev–Trinajstić information content (AvgIpc) is 2.58. The fourth-order valence-corrected chi connectivity index (χ4v) is 2.54. The monoisotopic (exact) mass is 321 g/mol. The van der Waals surface area contributed by atoms with E-state index in [9.17, 15) is 14.4 Å². The SMILES string of the molecule is O=CCCC#Cc1ccc2c(N3CCC(=O)NC3=O)cncc2c1. The molecule has 2 heterocycles. The molecule has 1 saturated heterocycles. The van der Waals surface area contributed by atoms with Crippen LogP contribution < -0.4 is 10.2 Å². The molecule has 24 heavy (non-hydrogen) atoms. The summed E-state index contributed by atoms with van der Waals surface area (Å²) < 4.78 is 0. The Morgan fingerprint density at radius 2 is 2.17 bits per heavy atom. The molecule has 1 fully saturated rings. The molecule has 0 saturated carbocycles. The molecule has 1 aliphatic heterocycles. The molecule has 1 aliphatic rings. The van der Waals surface area contributed by atoms with Crippen LogP contribution in [0.5, 0.6) is 0 Å². The van der Waals surface area contributed by atoms with Crippen molar-refractivity contribution in [2.45, 2.75) is 19.3 Å². The number of benzene rings is 1. The lowest BCUT2D eigenvalue weighted by Crippen LogP contribution is -2.49. The lowest BCUT2D eigenvalue weighted by atomic mass is 10.1. The predicted octanol–water partition coefficient (Wildman–Crippen LogP) is 2.01. The summed E-state index contributed by atoms with van der Waals surface area (Å²) in [6.45, 7) is 0.332. The normalized spacial score (nSPS) is 14.1. The summed E-state index contributed by atoms with van der Waals surface area (Å²) in [5.41, 5.74) is 1.49. The van der Waals surface area contributed by atoms with E-state index < -0.39 is 6.03 Å². The Bertz CT molecular complexity index is 880. The van der Waals surface area contributed by atoms with Crippen LogP contribution in [-0.2, 0) is 9.59 Å². The summed E-state index contributed by atoms with van der Waals surface area (Å²) in [7, 11) is 0. The molecule has 3 rings (SSSR count). The number of fused-ring (bicyclic) bond motifs is 1. The summed E-state index contributed by atoms with van der Waals surface area (Å²) in [5, 5.41) is 4.04. The van der Waals surface area contributed by atoms with E-state index in [0.717, 1.165) is 22.6 Å². The first-order valence-electron chi connectivity index (χ1n) is 7.60. The zero-order valence-electron chi connectivity index (χ0n) is 12.9. The molecular weight excluding hydrogens is 306 g/mol. The molecule has 0 unspecified atom stereocenters. The fraction of sp³-hybridized carbons (Fsp3) is 0.222. The predicted molar refractivity (Wildman–Crippen MR) is 89.4 cm³/mol. The molecule has 120 valence electrons. The third-order valence-electron chi connectivity index (χ3n) is 3.70. The highest BCUT2D eigenvalue weighted by Crippen LogP contribution is 2.27. The van der Waals surface area contributed by atoms with Crippen LogP contribution in [0.4, 0.5) is 10.5 Å². The summed E-state index contributed by atoms with van der Waals surface area (Å²) >= 11 is 0. The van der Waals surface area contributed by atoms with Crippen LogP contribution in [0, 0.1) is 11.8 Å². The van der Waals surface area contributed by atoms with E-state index >= 15 is 0 Å². The number of unbranched alkanes of at least 4 members (excludes halogenated alkanes) is 1. The van der Waals surface area contributed by atoms with E-state index in [0.29, 0.717) is 25.1 Å². The minimum absolute atomic E-state index is 0.266. The second-order valence-corrected chi connectivity index (χ2v) is 5.36. The molecule has 1 aromatic heterocycles. The smallest absolute Gasteiger partial charge is 0.303 e. The molecule has 0 aliphatic carbocycles. The Morgan fingerprint density at radius 1 is 1.29 bits per heavy atom. The van der Waals surface area contributed by atoms with Gasteiger partial charge < -0.3 is 4.79 Å². The number of amides is 3. The maximum atomic E-state index is 12.0. The maximum Gasteiger partial charge on any atom is 0.328 e. The Hall–Kier alpha value is -3.20. The zero-order chi connectivity index (χ0) is 16.9. The Labute approximate surface area is 138 Å². The van der Waals surface area contributed by atoms with Gasteiger partial charge in [-0.05, 0) is 12.1 Å². The lowest BCUT2D eigenvalue weighted by Gasteiger charge is -2.27. The van der Waals surface area contributed by atoms with Crippen LogP contribution in [0.3, 0.4) is 0 Å². The van der Waals surface area contributed by atoms with Crippen molar-refractivity contribution in [1.82, 2.24) is 10.3 Å². The molecule has 0 atom stereocenters. The standard InChI is InChI=1S/C18H15N3O3/c22-9-3-1-2-4-13-5-6-15-14(10-13)11-19-12-16(15)21-8-7-17(23)20-18(21)24/h5-6,9-12H,1,3,7-8H2,(H,20,23,24). The number of hydrogen-bond donors (Lipinski definition) is 1. The quantitative estimate of drug-likeness (QED) is 0.533. The third-order valence-corrected chi connectivity index (χ3v) is 3.70. The molecule has 0 bridgehead atoms. The molecule has 0 radical (unpaired) electrons. The average molecular weight is 321 g/mol. The molecule has 6 heteroatoms. The fourth-order valence-electron chi connectivity index (χ4n) is 2.54. The number of rotatable bonds is 3. The van der Waals surface area contributed by atoms with Crippen molar-refractivity contribution in [3.8, 4) is 11.8 Å². The number of carbonyl (C=O) groups excluding carboxylic acids is 3. The van der Waals surface area contributed by atoms with Gasteiger partial charge in [0.05, 0.1) is 11.9 Å². The number of anilines is 1. The summed E-state index contributed by atoms with van der Waals surface area (Å²) in [5.74, 6) is 5.69. The summed E-state index contributed by atoms with van der Waals surface area (Å²) in [6, 6.07) is 5.22. The zero-order valence-corrected chi connectivity index (χ0v) is 12.9. The van der Waals surface area contributed by atoms with E-state index in [1.54, 1.807) is 12.4 Å². The highest BCUT2D eigenvalue weighted by atomic mass is 16.2. The van der Waals surface area contributed by atoms with Crippen molar-refractivity contribution in [2.75, 3.05) is 11.4 Å². The van der Waals surface area contributed by atoms with Crippen LogP contribution in [0.2, 0.25) is 0 Å². The topological polar surface area (TPSA) is 79.4 Å². The van der Waals surface area contributed by atoms with Crippen molar-refractivity contribution in [3.05, 3.63) is 36.2 Å². The molecule has 0 spiro atoms. The maximum absolute atomic E-state index is 12.0. The second-order valence-electron chi connectivity index (χ2n) is 5.36. The van der Waals surface area contributed by atoms with Gasteiger partial charge in [-0.3, -0.25) is 20.0 Å². The van der Waals surface area contributed by atoms with Gasteiger partial charge in [0.2, 0.25) is 5.91 Å². The van der Waals surface area contributed by atoms with Gasteiger partial charge in [0, 0.05) is 48.3 Å². The molecule has 1 aromatic carbocycles. The van der Waals surface area contributed by atoms with Gasteiger partial charge in [-0.1, -0.05) is 17.9 Å². The number of carbonyl (C=O) groups is 3. The van der Waals surface area contributed by atoms with Crippen LogP contribution in [0.1, 0.15) is 24.8 Å². The van der Waals surface area contributed by atoms with Crippen molar-refractivity contribution in [1.29, 1.82) is 0 Å². The number of imide groups is 1. The van der Waals surface area contributed by atoms with E-state index in [2.05, 4.69) is 22.1 Å². The van der Waals surface area contributed by atoms with Crippen LogP contribution in [0.15, 0.2) is 30.6 Å². The van der Waals surface area contributed by atoms with Gasteiger partial charge in [0.25, 0.3) is 0 Å². The molecule has 3 amide bonds. The van der Waals surface area contributed by atoms with Crippen LogP contribution >= 0.6 is 0 Å². The van der Waals surface area contributed by atoms with E-state index in [1.165, 1.54) is 4.90 Å². The first-order valence-corrected chi connectivity index (χ1v) is 7.60. The Balaban J connectivity index is 1.93. The molecule has 6 nitrogen and oxygen atoms in total.